The molecule has 2 rings (SSSR count). The Balaban J connectivity index is 2.00. The van der Waals surface area contributed by atoms with E-state index in [4.69, 9.17) is 5.11 Å². The third-order valence-corrected chi connectivity index (χ3v) is 3.74. The summed E-state index contributed by atoms with van der Waals surface area (Å²) < 4.78 is 1.64. The molecule has 2 heterocycles. The molecule has 2 N–H and O–H groups in total. The van der Waals surface area contributed by atoms with Gasteiger partial charge < -0.3 is 15.3 Å². The zero-order chi connectivity index (χ0) is 14.9. The molecule has 1 aliphatic heterocycles. The molecule has 1 fully saturated rings. The minimum Gasteiger partial charge on any atom is -0.481 e. The number of anilines is 1. The molecule has 0 spiro atoms. The lowest BCUT2D eigenvalue weighted by Gasteiger charge is -2.36. The Morgan fingerprint density at radius 3 is 2.70 bits per heavy atom. The first kappa shape index (κ1) is 14.4. The van der Waals surface area contributed by atoms with Gasteiger partial charge in [-0.15, -0.1) is 0 Å². The molecule has 2 amide bonds. The van der Waals surface area contributed by atoms with E-state index >= 15 is 0 Å². The first-order valence-electron chi connectivity index (χ1n) is 6.69. The molecule has 1 saturated heterocycles. The fourth-order valence-corrected chi connectivity index (χ4v) is 2.61. The van der Waals surface area contributed by atoms with E-state index < -0.39 is 5.97 Å². The van der Waals surface area contributed by atoms with Gasteiger partial charge in [-0.3, -0.25) is 9.48 Å². The van der Waals surface area contributed by atoms with E-state index in [9.17, 15) is 9.59 Å². The summed E-state index contributed by atoms with van der Waals surface area (Å²) in [7, 11) is 1.80. The molecule has 7 nitrogen and oxygen atoms in total. The number of carbonyl (C=O) groups excluding carboxylic acids is 1. The molecule has 0 aliphatic carbocycles. The number of carboxylic acids is 1. The fourth-order valence-electron chi connectivity index (χ4n) is 2.61. The number of aromatic nitrogens is 2. The Hall–Kier alpha value is -2.05. The third-order valence-electron chi connectivity index (χ3n) is 3.74. The summed E-state index contributed by atoms with van der Waals surface area (Å²) in [5, 5.41) is 16.0. The second-order valence-electron chi connectivity index (χ2n) is 5.33. The van der Waals surface area contributed by atoms with Crippen molar-refractivity contribution in [3.63, 3.8) is 0 Å². The molecule has 1 aromatic rings. The smallest absolute Gasteiger partial charge is 0.322 e. The summed E-state index contributed by atoms with van der Waals surface area (Å²) in [5.41, 5.74) is 1.44. The topological polar surface area (TPSA) is 87.5 Å². The van der Waals surface area contributed by atoms with Crippen LogP contribution in [0.1, 0.15) is 25.5 Å². The van der Waals surface area contributed by atoms with Crippen LogP contribution in [0.4, 0.5) is 10.5 Å². The quantitative estimate of drug-likeness (QED) is 0.858. The number of aryl methyl sites for hydroxylation is 2. The predicted octanol–water partition coefficient (Wildman–Crippen LogP) is 1.45. The van der Waals surface area contributed by atoms with Crippen LogP contribution in [0.3, 0.4) is 0 Å². The summed E-state index contributed by atoms with van der Waals surface area (Å²) in [4.78, 5) is 24.9. The predicted molar refractivity (Wildman–Crippen MR) is 73.5 cm³/mol. The van der Waals surface area contributed by atoms with E-state index in [1.165, 1.54) is 0 Å². The van der Waals surface area contributed by atoms with Crippen LogP contribution in [0.25, 0.3) is 0 Å². The van der Waals surface area contributed by atoms with Crippen LogP contribution in [0.5, 0.6) is 0 Å². The van der Waals surface area contributed by atoms with Crippen LogP contribution < -0.4 is 5.32 Å². The zero-order valence-corrected chi connectivity index (χ0v) is 12.0. The number of hydrogen-bond donors (Lipinski definition) is 2. The van der Waals surface area contributed by atoms with E-state index in [2.05, 4.69) is 10.4 Å². The lowest BCUT2D eigenvalue weighted by Crippen LogP contribution is -2.47. The number of urea groups is 1. The highest BCUT2D eigenvalue weighted by Crippen LogP contribution is 2.24. The molecule has 1 aliphatic rings. The van der Waals surface area contributed by atoms with E-state index in [0.29, 0.717) is 25.1 Å². The van der Waals surface area contributed by atoms with Crippen molar-refractivity contribution in [1.29, 1.82) is 0 Å². The minimum absolute atomic E-state index is 0.0816. The molecule has 1 aromatic heterocycles. The average Bonchev–Trinajstić information content (AvgIpc) is 2.67. The van der Waals surface area contributed by atoms with Crippen LogP contribution >= 0.6 is 0 Å². The van der Waals surface area contributed by atoms with Gasteiger partial charge in [-0.25, -0.2) is 4.79 Å². The standard InChI is InChI=1S/C13H20N4O3/c1-8-6-10(12(18)19)4-5-17(8)13(20)14-11-7-16(3)15-9(11)2/h7-8,10H,4-6H2,1-3H3,(H,14,20)(H,18,19). The van der Waals surface area contributed by atoms with E-state index in [-0.39, 0.29) is 18.0 Å². The molecule has 7 heteroatoms. The van der Waals surface area contributed by atoms with Gasteiger partial charge in [-0.2, -0.15) is 5.10 Å². The third kappa shape index (κ3) is 2.92. The number of likely N-dealkylation sites (tertiary alicyclic amines) is 1. The summed E-state index contributed by atoms with van der Waals surface area (Å²) in [6.45, 7) is 4.17. The summed E-state index contributed by atoms with van der Waals surface area (Å²) in [6, 6.07) is -0.278. The van der Waals surface area contributed by atoms with Gasteiger partial charge in [0.2, 0.25) is 0 Å². The van der Waals surface area contributed by atoms with Gasteiger partial charge in [0.15, 0.2) is 0 Å². The van der Waals surface area contributed by atoms with Crippen molar-refractivity contribution in [2.24, 2.45) is 13.0 Å². The lowest BCUT2D eigenvalue weighted by molar-refractivity contribution is -0.143. The van der Waals surface area contributed by atoms with Crippen molar-refractivity contribution in [1.82, 2.24) is 14.7 Å². The van der Waals surface area contributed by atoms with Crippen LogP contribution in [0.15, 0.2) is 6.20 Å². The lowest BCUT2D eigenvalue weighted by atomic mass is 9.92. The molecule has 0 radical (unpaired) electrons. The number of piperidine rings is 1. The van der Waals surface area contributed by atoms with Gasteiger partial charge in [-0.1, -0.05) is 0 Å². The van der Waals surface area contributed by atoms with Crippen LogP contribution in [-0.4, -0.2) is 44.4 Å². The van der Waals surface area contributed by atoms with Gasteiger partial charge in [0.1, 0.15) is 0 Å². The zero-order valence-electron chi connectivity index (χ0n) is 12.0. The molecule has 20 heavy (non-hydrogen) atoms. The highest BCUT2D eigenvalue weighted by Gasteiger charge is 2.32. The highest BCUT2D eigenvalue weighted by molar-refractivity contribution is 5.90. The van der Waals surface area contributed by atoms with Crippen molar-refractivity contribution in [3.05, 3.63) is 11.9 Å². The number of hydrogen-bond acceptors (Lipinski definition) is 3. The normalized spacial score (nSPS) is 22.6. The van der Waals surface area contributed by atoms with Gasteiger partial charge >= 0.3 is 12.0 Å². The van der Waals surface area contributed by atoms with Crippen LogP contribution in [0.2, 0.25) is 0 Å². The Labute approximate surface area is 117 Å². The number of carboxylic acid groups (broad SMARTS) is 1. The van der Waals surface area contributed by atoms with Crippen molar-refractivity contribution in [2.75, 3.05) is 11.9 Å². The molecule has 0 aromatic carbocycles. The molecule has 110 valence electrons. The summed E-state index contributed by atoms with van der Waals surface area (Å²) in [6.07, 6.45) is 2.75. The van der Waals surface area contributed by atoms with Gasteiger partial charge in [0.25, 0.3) is 0 Å². The van der Waals surface area contributed by atoms with Crippen molar-refractivity contribution < 1.29 is 14.7 Å². The molecular weight excluding hydrogens is 260 g/mol. The number of nitrogens with one attached hydrogen (secondary N) is 1. The Bertz CT molecular complexity index is 526. The molecule has 0 bridgehead atoms. The van der Waals surface area contributed by atoms with Crippen LogP contribution in [0, 0.1) is 12.8 Å². The molecular formula is C13H20N4O3. The average molecular weight is 280 g/mol. The Morgan fingerprint density at radius 1 is 1.50 bits per heavy atom. The maximum absolute atomic E-state index is 12.2. The highest BCUT2D eigenvalue weighted by atomic mass is 16.4. The first-order valence-corrected chi connectivity index (χ1v) is 6.69. The number of amides is 2. The maximum atomic E-state index is 12.2. The summed E-state index contributed by atoms with van der Waals surface area (Å²) >= 11 is 0. The second-order valence-corrected chi connectivity index (χ2v) is 5.33. The number of carbonyl (C=O) groups is 2. The molecule has 2 unspecified atom stereocenters. The van der Waals surface area contributed by atoms with Crippen molar-refractivity contribution >= 4 is 17.7 Å². The second kappa shape index (κ2) is 5.52. The largest absolute Gasteiger partial charge is 0.481 e. The number of nitrogens with zero attached hydrogens (tertiary/aromatic N) is 3. The first-order chi connectivity index (χ1) is 9.38. The SMILES string of the molecule is Cc1nn(C)cc1NC(=O)N1CCC(C(=O)O)CC1C. The van der Waals surface area contributed by atoms with Crippen LogP contribution in [-0.2, 0) is 11.8 Å². The summed E-state index contributed by atoms with van der Waals surface area (Å²) in [5.74, 6) is -1.13. The van der Waals surface area contributed by atoms with E-state index in [1.54, 1.807) is 22.8 Å². The maximum Gasteiger partial charge on any atom is 0.322 e. The van der Waals surface area contributed by atoms with Crippen molar-refractivity contribution in [2.45, 2.75) is 32.7 Å². The van der Waals surface area contributed by atoms with E-state index in [1.807, 2.05) is 13.8 Å². The minimum atomic E-state index is -0.778. The Morgan fingerprint density at radius 2 is 2.20 bits per heavy atom. The fraction of sp³-hybridized carbons (Fsp3) is 0.615. The number of aliphatic carboxylic acids is 1. The van der Waals surface area contributed by atoms with Gasteiger partial charge in [0, 0.05) is 25.8 Å². The number of rotatable bonds is 2. The van der Waals surface area contributed by atoms with E-state index in [0.717, 1.165) is 5.69 Å². The molecule has 2 atom stereocenters. The molecule has 0 saturated carbocycles. The Kier molecular flexibility index (Phi) is 3.96. The monoisotopic (exact) mass is 280 g/mol. The van der Waals surface area contributed by atoms with Crippen molar-refractivity contribution in [3.8, 4) is 0 Å². The van der Waals surface area contributed by atoms with Gasteiger partial charge in [-0.05, 0) is 26.7 Å². The van der Waals surface area contributed by atoms with Gasteiger partial charge in [0.05, 0.1) is 17.3 Å².